The summed E-state index contributed by atoms with van der Waals surface area (Å²) < 4.78 is 5.68. The van der Waals surface area contributed by atoms with E-state index in [1.807, 2.05) is 24.1 Å². The molecule has 0 radical (unpaired) electrons. The molecule has 3 aromatic rings. The van der Waals surface area contributed by atoms with Crippen LogP contribution in [0.4, 0.5) is 10.8 Å². The largest absolute Gasteiger partial charge is 0.492 e. The first kappa shape index (κ1) is 26.1. The Morgan fingerprint density at radius 1 is 1.19 bits per heavy atom. The molecule has 0 saturated carbocycles. The molecule has 36 heavy (non-hydrogen) atoms. The van der Waals surface area contributed by atoms with Crippen LogP contribution in [0.15, 0.2) is 23.6 Å². The van der Waals surface area contributed by atoms with Crippen LogP contribution < -0.4 is 15.8 Å². The van der Waals surface area contributed by atoms with Gasteiger partial charge in [-0.3, -0.25) is 14.5 Å². The van der Waals surface area contributed by atoms with Gasteiger partial charge in [-0.15, -0.1) is 22.7 Å². The van der Waals surface area contributed by atoms with Crippen molar-refractivity contribution in [2.24, 2.45) is 5.73 Å². The number of anilines is 2. The molecule has 4 rings (SSSR count). The molecule has 9 nitrogen and oxygen atoms in total. The molecular weight excluding hydrogens is 496 g/mol. The van der Waals surface area contributed by atoms with E-state index in [9.17, 15) is 9.59 Å². The molecule has 192 valence electrons. The Balaban J connectivity index is 1.51. The number of primary amides is 1. The fourth-order valence-electron chi connectivity index (χ4n) is 4.13. The van der Waals surface area contributed by atoms with Crippen LogP contribution in [0.2, 0.25) is 0 Å². The van der Waals surface area contributed by atoms with Gasteiger partial charge in [-0.2, -0.15) is 0 Å². The second kappa shape index (κ2) is 11.4. The van der Waals surface area contributed by atoms with E-state index in [0.29, 0.717) is 46.3 Å². The number of benzene rings is 1. The quantitative estimate of drug-likeness (QED) is 0.446. The third-order valence-electron chi connectivity index (χ3n) is 6.07. The Hall–Kier alpha value is -3.02. The minimum Gasteiger partial charge on any atom is -0.492 e. The Morgan fingerprint density at radius 2 is 2.00 bits per heavy atom. The number of hydrogen-bond donors (Lipinski definition) is 2. The van der Waals surface area contributed by atoms with E-state index in [-0.39, 0.29) is 5.91 Å². The van der Waals surface area contributed by atoms with Gasteiger partial charge in [-0.05, 0) is 52.3 Å². The molecule has 1 aromatic carbocycles. The predicted octanol–water partition coefficient (Wildman–Crippen LogP) is 4.37. The van der Waals surface area contributed by atoms with Crippen molar-refractivity contribution in [2.45, 2.75) is 40.2 Å². The summed E-state index contributed by atoms with van der Waals surface area (Å²) in [5, 5.41) is 6.30. The molecule has 1 saturated heterocycles. The van der Waals surface area contributed by atoms with Crippen molar-refractivity contribution in [3.05, 3.63) is 39.8 Å². The summed E-state index contributed by atoms with van der Waals surface area (Å²) in [7, 11) is 0. The molecule has 3 heterocycles. The first-order valence-electron chi connectivity index (χ1n) is 12.1. The molecule has 1 fully saturated rings. The second-order valence-electron chi connectivity index (χ2n) is 8.88. The SMILES string of the molecule is CCOc1ccc(C(N)=O)cc1Nc1nc(-c2sc(C(=O)N3CCCN(C(C)C)CC3)nc2C)cs1. The van der Waals surface area contributed by atoms with Crippen LogP contribution in [-0.4, -0.2) is 70.4 Å². The van der Waals surface area contributed by atoms with Gasteiger partial charge in [0.25, 0.3) is 5.91 Å². The summed E-state index contributed by atoms with van der Waals surface area (Å²) in [6, 6.07) is 5.49. The highest BCUT2D eigenvalue weighted by Crippen LogP contribution is 2.35. The third-order valence-corrected chi connectivity index (χ3v) is 8.00. The Bertz CT molecular complexity index is 1240. The van der Waals surface area contributed by atoms with Crippen LogP contribution in [0.25, 0.3) is 10.6 Å². The van der Waals surface area contributed by atoms with Crippen molar-refractivity contribution in [2.75, 3.05) is 38.1 Å². The molecule has 0 spiro atoms. The maximum Gasteiger partial charge on any atom is 0.282 e. The van der Waals surface area contributed by atoms with Gasteiger partial charge in [0, 0.05) is 43.2 Å². The number of thiazole rings is 2. The van der Waals surface area contributed by atoms with E-state index in [1.165, 1.54) is 22.7 Å². The minimum absolute atomic E-state index is 0.0156. The van der Waals surface area contributed by atoms with E-state index in [2.05, 4.69) is 29.0 Å². The van der Waals surface area contributed by atoms with Gasteiger partial charge in [0.1, 0.15) is 5.75 Å². The van der Waals surface area contributed by atoms with Crippen LogP contribution in [0.5, 0.6) is 5.75 Å². The van der Waals surface area contributed by atoms with E-state index in [4.69, 9.17) is 15.5 Å². The summed E-state index contributed by atoms with van der Waals surface area (Å²) in [4.78, 5) is 39.4. The molecule has 0 atom stereocenters. The van der Waals surface area contributed by atoms with E-state index >= 15 is 0 Å². The number of aromatic nitrogens is 2. The van der Waals surface area contributed by atoms with Gasteiger partial charge in [0.2, 0.25) is 5.91 Å². The number of rotatable bonds is 8. The lowest BCUT2D eigenvalue weighted by Gasteiger charge is -2.24. The summed E-state index contributed by atoms with van der Waals surface area (Å²) >= 11 is 2.80. The van der Waals surface area contributed by atoms with Gasteiger partial charge >= 0.3 is 0 Å². The Kier molecular flexibility index (Phi) is 8.22. The van der Waals surface area contributed by atoms with Crippen molar-refractivity contribution in [3.63, 3.8) is 0 Å². The molecule has 11 heteroatoms. The average molecular weight is 529 g/mol. The smallest absolute Gasteiger partial charge is 0.282 e. The molecule has 1 aliphatic rings. The average Bonchev–Trinajstić information content (AvgIpc) is 3.37. The fraction of sp³-hybridized carbons (Fsp3) is 0.440. The van der Waals surface area contributed by atoms with Crippen LogP contribution in [0, 0.1) is 6.92 Å². The van der Waals surface area contributed by atoms with Crippen LogP contribution in [0.3, 0.4) is 0 Å². The number of aryl methyl sites for hydroxylation is 1. The third kappa shape index (κ3) is 5.85. The molecule has 2 amide bonds. The predicted molar refractivity (Wildman–Crippen MR) is 145 cm³/mol. The van der Waals surface area contributed by atoms with Crippen molar-refractivity contribution < 1.29 is 14.3 Å². The molecule has 0 bridgehead atoms. The van der Waals surface area contributed by atoms with Crippen LogP contribution >= 0.6 is 22.7 Å². The van der Waals surface area contributed by atoms with E-state index in [0.717, 1.165) is 42.3 Å². The number of ether oxygens (including phenoxy) is 1. The van der Waals surface area contributed by atoms with Crippen LogP contribution in [0.1, 0.15) is 53.0 Å². The number of amides is 2. The summed E-state index contributed by atoms with van der Waals surface area (Å²) in [5.74, 6) is 0.0764. The summed E-state index contributed by atoms with van der Waals surface area (Å²) in [5.41, 5.74) is 7.97. The topological polar surface area (TPSA) is 114 Å². The second-order valence-corrected chi connectivity index (χ2v) is 10.7. The number of nitrogens with zero attached hydrogens (tertiary/aromatic N) is 4. The van der Waals surface area contributed by atoms with Crippen molar-refractivity contribution in [3.8, 4) is 16.3 Å². The zero-order chi connectivity index (χ0) is 25.8. The highest BCUT2D eigenvalue weighted by atomic mass is 32.1. The molecule has 3 N–H and O–H groups in total. The standard InChI is InChI=1S/C25H32N6O3S2/c1-5-34-20-8-7-17(22(26)32)13-18(20)28-25-29-19(14-35-25)21-16(4)27-23(36-21)24(33)31-10-6-9-30(11-12-31)15(2)3/h7-8,13-15H,5-6,9-12H2,1-4H3,(H2,26,32)(H,28,29). The zero-order valence-electron chi connectivity index (χ0n) is 21.0. The van der Waals surface area contributed by atoms with Crippen LogP contribution in [-0.2, 0) is 0 Å². The molecule has 2 aromatic heterocycles. The first-order chi connectivity index (χ1) is 17.3. The summed E-state index contributed by atoms with van der Waals surface area (Å²) in [6.07, 6.45) is 0.961. The van der Waals surface area contributed by atoms with Gasteiger partial charge in [0.05, 0.1) is 28.6 Å². The number of carbonyl (C=O) groups excluding carboxylic acids is 2. The maximum atomic E-state index is 13.2. The van der Waals surface area contributed by atoms with E-state index < -0.39 is 5.91 Å². The highest BCUT2D eigenvalue weighted by Gasteiger charge is 2.25. The van der Waals surface area contributed by atoms with Gasteiger partial charge in [-0.25, -0.2) is 9.97 Å². The number of hydrogen-bond acceptors (Lipinski definition) is 9. The first-order valence-corrected chi connectivity index (χ1v) is 13.8. The van der Waals surface area contributed by atoms with Gasteiger partial charge in [-0.1, -0.05) is 0 Å². The molecule has 0 aliphatic carbocycles. The van der Waals surface area contributed by atoms with E-state index in [1.54, 1.807) is 18.2 Å². The van der Waals surface area contributed by atoms with Crippen molar-refractivity contribution >= 4 is 45.3 Å². The molecular formula is C25H32N6O3S2. The monoisotopic (exact) mass is 528 g/mol. The lowest BCUT2D eigenvalue weighted by atomic mass is 10.2. The lowest BCUT2D eigenvalue weighted by Crippen LogP contribution is -2.37. The summed E-state index contributed by atoms with van der Waals surface area (Å²) in [6.45, 7) is 12.0. The number of carbonyl (C=O) groups is 2. The maximum absolute atomic E-state index is 13.2. The Labute approximate surface area is 219 Å². The highest BCUT2D eigenvalue weighted by molar-refractivity contribution is 7.18. The van der Waals surface area contributed by atoms with Crippen molar-refractivity contribution in [1.82, 2.24) is 19.8 Å². The fourth-order valence-corrected chi connectivity index (χ4v) is 5.91. The normalized spacial score (nSPS) is 14.6. The zero-order valence-corrected chi connectivity index (χ0v) is 22.7. The molecule has 0 unspecified atom stereocenters. The lowest BCUT2D eigenvalue weighted by molar-refractivity contribution is 0.0758. The Morgan fingerprint density at radius 3 is 2.72 bits per heavy atom. The minimum atomic E-state index is -0.514. The molecule has 1 aliphatic heterocycles. The number of nitrogens with one attached hydrogen (secondary N) is 1. The number of nitrogens with two attached hydrogens (primary N) is 1. The van der Waals surface area contributed by atoms with Crippen molar-refractivity contribution in [1.29, 1.82) is 0 Å². The van der Waals surface area contributed by atoms with Gasteiger partial charge in [0.15, 0.2) is 10.1 Å². The van der Waals surface area contributed by atoms with Gasteiger partial charge < -0.3 is 20.7 Å².